The lowest BCUT2D eigenvalue weighted by molar-refractivity contribution is -0.146. The van der Waals surface area contributed by atoms with Crippen molar-refractivity contribution in [2.24, 2.45) is 33.8 Å². The van der Waals surface area contributed by atoms with E-state index in [1.54, 1.807) is 13.8 Å². The molecule has 372 valence electrons. The number of nitrogens with two attached hydrogens (primary N) is 4. The summed E-state index contributed by atoms with van der Waals surface area (Å²) in [5.41, 5.74) is 21.7. The molecule has 1 aliphatic rings. The van der Waals surface area contributed by atoms with Gasteiger partial charge in [-0.1, -0.05) is 32.4 Å². The third-order valence-electron chi connectivity index (χ3n) is 10.6. The number of phenols is 1. The second-order valence-electron chi connectivity index (χ2n) is 15.8. The Bertz CT molecular complexity index is 1970. The second-order valence-corrected chi connectivity index (χ2v) is 15.8. The minimum absolute atomic E-state index is 0.0261. The number of carbonyl (C=O) groups excluding carboxylic acids is 8. The normalized spacial score (nSPS) is 16.8. The number of phenolic OH excluding ortho intramolecular Hbond substituents is 1. The number of carboxylic acid groups (broad SMARTS) is 2. The predicted octanol–water partition coefficient (Wildman–Crippen LogP) is -6.32. The fourth-order valence-corrected chi connectivity index (χ4v) is 6.71. The predicted molar refractivity (Wildman–Crippen MR) is 233 cm³/mol. The average molecular weight is 951 g/mol. The van der Waals surface area contributed by atoms with Gasteiger partial charge in [0.2, 0.25) is 47.3 Å². The summed E-state index contributed by atoms with van der Waals surface area (Å²) in [5.74, 6) is -12.2. The summed E-state index contributed by atoms with van der Waals surface area (Å²) in [7, 11) is 0. The van der Waals surface area contributed by atoms with E-state index < -0.39 is 140 Å². The zero-order valence-electron chi connectivity index (χ0n) is 37.0. The number of hydrogen-bond donors (Lipinski definition) is 15. The number of aliphatic hydroxyl groups excluding tert-OH is 2. The second kappa shape index (κ2) is 27.4. The molecule has 27 heteroatoms. The van der Waals surface area contributed by atoms with E-state index in [9.17, 15) is 73.5 Å². The Hall–Kier alpha value is -7.13. The van der Waals surface area contributed by atoms with Crippen LogP contribution in [0.5, 0.6) is 5.75 Å². The maximum absolute atomic E-state index is 14.1. The van der Waals surface area contributed by atoms with Crippen molar-refractivity contribution in [3.8, 4) is 5.75 Å². The van der Waals surface area contributed by atoms with E-state index in [0.29, 0.717) is 5.56 Å². The van der Waals surface area contributed by atoms with E-state index in [0.717, 1.165) is 4.90 Å². The summed E-state index contributed by atoms with van der Waals surface area (Å²) in [6.07, 6.45) is -1.47. The van der Waals surface area contributed by atoms with Crippen molar-refractivity contribution in [3.63, 3.8) is 0 Å². The number of hydrogen-bond acceptors (Lipinski definition) is 15. The molecule has 0 bridgehead atoms. The van der Waals surface area contributed by atoms with Crippen LogP contribution in [-0.4, -0.2) is 170 Å². The largest absolute Gasteiger partial charge is 0.508 e. The number of carbonyl (C=O) groups is 10. The van der Waals surface area contributed by atoms with Gasteiger partial charge in [-0.15, -0.1) is 0 Å². The van der Waals surface area contributed by atoms with Crippen LogP contribution in [0.15, 0.2) is 29.3 Å². The summed E-state index contributed by atoms with van der Waals surface area (Å²) >= 11 is 0. The van der Waals surface area contributed by atoms with E-state index in [4.69, 9.17) is 22.9 Å². The Morgan fingerprint density at radius 1 is 0.746 bits per heavy atom. The van der Waals surface area contributed by atoms with Crippen LogP contribution >= 0.6 is 0 Å². The van der Waals surface area contributed by atoms with Gasteiger partial charge in [-0.3, -0.25) is 48.1 Å². The van der Waals surface area contributed by atoms with Crippen molar-refractivity contribution >= 4 is 65.2 Å². The Balaban J connectivity index is 2.39. The van der Waals surface area contributed by atoms with Gasteiger partial charge in [0.1, 0.15) is 54.1 Å². The van der Waals surface area contributed by atoms with Gasteiger partial charge in [-0.2, -0.15) is 0 Å². The topological polar surface area (TPSA) is 464 Å². The number of primary amides is 1. The molecule has 0 spiro atoms. The SMILES string of the molecule is CC[C@H](C)[C@H](NC(=O)[C@@H]1CCCN1C(=O)[C@H](CC(=O)O)NC(=O)[C@H](CCCN=C(N)N)NC(=O)[C@@H](N)CO)C(=O)N[C@@H](Cc1ccc(O)cc1)C(=O)N[C@@H](CO)C(=O)N[C@@H](CC(N)=O)C(=O)O. The van der Waals surface area contributed by atoms with Crippen molar-refractivity contribution < 1.29 is 73.5 Å². The summed E-state index contributed by atoms with van der Waals surface area (Å²) < 4.78 is 0. The lowest BCUT2D eigenvalue weighted by atomic mass is 9.96. The van der Waals surface area contributed by atoms with Gasteiger partial charge in [0.25, 0.3) is 0 Å². The number of guanidine groups is 1. The fourth-order valence-electron chi connectivity index (χ4n) is 6.71. The fraction of sp³-hybridized carbons (Fsp3) is 0.575. The smallest absolute Gasteiger partial charge is 0.326 e. The number of nitrogens with one attached hydrogen (secondary N) is 6. The van der Waals surface area contributed by atoms with Gasteiger partial charge in [0, 0.05) is 19.5 Å². The third-order valence-corrected chi connectivity index (χ3v) is 10.6. The Labute approximate surface area is 384 Å². The monoisotopic (exact) mass is 950 g/mol. The van der Waals surface area contributed by atoms with E-state index >= 15 is 0 Å². The van der Waals surface area contributed by atoms with E-state index in [1.807, 2.05) is 5.32 Å². The molecule has 8 amide bonds. The van der Waals surface area contributed by atoms with Crippen LogP contribution in [0.2, 0.25) is 0 Å². The van der Waals surface area contributed by atoms with Crippen molar-refractivity contribution in [2.45, 2.75) is 114 Å². The molecule has 67 heavy (non-hydrogen) atoms. The summed E-state index contributed by atoms with van der Waals surface area (Å²) in [5, 5.41) is 62.3. The molecule has 1 aromatic rings. The maximum atomic E-state index is 14.1. The molecule has 0 saturated carbocycles. The number of likely N-dealkylation sites (tertiary alicyclic amines) is 1. The van der Waals surface area contributed by atoms with Gasteiger partial charge in [-0.05, 0) is 49.3 Å². The third kappa shape index (κ3) is 18.3. The molecule has 9 atom stereocenters. The molecule has 27 nitrogen and oxygen atoms in total. The lowest BCUT2D eigenvalue weighted by Crippen LogP contribution is -2.61. The molecule has 2 rings (SSSR count). The van der Waals surface area contributed by atoms with Gasteiger partial charge in [0.05, 0.1) is 26.1 Å². The maximum Gasteiger partial charge on any atom is 0.326 e. The molecule has 1 aromatic carbocycles. The van der Waals surface area contributed by atoms with Crippen LogP contribution in [-0.2, 0) is 54.4 Å². The number of aromatic hydroxyl groups is 1. The number of aliphatic hydroxyl groups is 2. The molecule has 0 unspecified atom stereocenters. The van der Waals surface area contributed by atoms with Gasteiger partial charge in [0.15, 0.2) is 5.96 Å². The molecule has 1 fully saturated rings. The molecule has 1 aliphatic heterocycles. The Morgan fingerprint density at radius 3 is 1.87 bits per heavy atom. The van der Waals surface area contributed by atoms with Crippen LogP contribution in [0.3, 0.4) is 0 Å². The van der Waals surface area contributed by atoms with Crippen molar-refractivity contribution in [1.82, 2.24) is 36.8 Å². The number of carboxylic acids is 2. The quantitative estimate of drug-likeness (QED) is 0.0211. The Morgan fingerprint density at radius 2 is 1.31 bits per heavy atom. The van der Waals surface area contributed by atoms with E-state index in [2.05, 4.69) is 31.6 Å². The van der Waals surface area contributed by atoms with E-state index in [-0.39, 0.29) is 63.3 Å². The number of nitrogens with zero attached hydrogens (tertiary/aromatic N) is 2. The zero-order chi connectivity index (χ0) is 50.5. The molecule has 1 saturated heterocycles. The first-order valence-electron chi connectivity index (χ1n) is 21.2. The lowest BCUT2D eigenvalue weighted by Gasteiger charge is -2.32. The minimum Gasteiger partial charge on any atom is -0.508 e. The number of amides is 8. The molecule has 0 radical (unpaired) electrons. The highest BCUT2D eigenvalue weighted by atomic mass is 16.4. The van der Waals surface area contributed by atoms with Gasteiger partial charge < -0.3 is 85.3 Å². The van der Waals surface area contributed by atoms with Crippen LogP contribution in [0, 0.1) is 5.92 Å². The first-order chi connectivity index (χ1) is 31.5. The minimum atomic E-state index is -1.81. The van der Waals surface area contributed by atoms with Crippen molar-refractivity contribution in [2.75, 3.05) is 26.3 Å². The number of aliphatic imine (C=N–C) groups is 1. The van der Waals surface area contributed by atoms with Gasteiger partial charge in [-0.25, -0.2) is 4.79 Å². The van der Waals surface area contributed by atoms with Crippen molar-refractivity contribution in [1.29, 1.82) is 0 Å². The first kappa shape index (κ1) is 56.0. The van der Waals surface area contributed by atoms with Crippen LogP contribution in [0.4, 0.5) is 0 Å². The molecular weight excluding hydrogens is 889 g/mol. The number of benzene rings is 1. The van der Waals surface area contributed by atoms with E-state index in [1.165, 1.54) is 24.3 Å². The summed E-state index contributed by atoms with van der Waals surface area (Å²) in [4.78, 5) is 135. The average Bonchev–Trinajstić information content (AvgIpc) is 3.77. The van der Waals surface area contributed by atoms with Crippen LogP contribution in [0.1, 0.15) is 64.4 Å². The highest BCUT2D eigenvalue weighted by Crippen LogP contribution is 2.21. The summed E-state index contributed by atoms with van der Waals surface area (Å²) in [6, 6.07) is -6.97. The highest BCUT2D eigenvalue weighted by molar-refractivity contribution is 5.99. The first-order valence-corrected chi connectivity index (χ1v) is 21.2. The number of rotatable bonds is 28. The molecule has 0 aliphatic carbocycles. The zero-order valence-corrected chi connectivity index (χ0v) is 37.0. The summed E-state index contributed by atoms with van der Waals surface area (Å²) in [6.45, 7) is 1.43. The molecular formula is C40H62N12O15. The van der Waals surface area contributed by atoms with Gasteiger partial charge >= 0.3 is 11.9 Å². The van der Waals surface area contributed by atoms with Crippen LogP contribution in [0.25, 0.3) is 0 Å². The van der Waals surface area contributed by atoms with Crippen LogP contribution < -0.4 is 54.8 Å². The molecule has 19 N–H and O–H groups in total. The van der Waals surface area contributed by atoms with Crippen molar-refractivity contribution in [3.05, 3.63) is 29.8 Å². The number of aliphatic carboxylic acids is 2. The molecule has 1 heterocycles. The Kier molecular flexibility index (Phi) is 22.9. The standard InChI is InChI=1S/C40H62N12O15/c1-3-19(2)31(37(64)47-24(14-20-8-10-21(55)11-9-20)34(61)50-27(18-54)35(62)49-26(39(66)67)15-29(42)56)51-36(63)28-7-5-13-52(28)38(65)25(16-30(57)58)48-33(60)23(6-4-12-45-40(43)44)46-32(59)22(41)17-53/h8-11,19,22-28,31,53-55H,3-7,12-18,41H2,1-2H3,(H2,42,56)(H,46,59)(H,47,64)(H,48,60)(H,49,62)(H,50,61)(H,51,63)(H,57,58)(H,66,67)(H4,43,44,45)/t19-,22-,23-,24-,25-,26-,27-,28-,31-/m0/s1. The highest BCUT2D eigenvalue weighted by Gasteiger charge is 2.41. The molecule has 0 aromatic heterocycles.